The van der Waals surface area contributed by atoms with Crippen LogP contribution in [0, 0.1) is 5.92 Å². The molecule has 1 rings (SSSR count). The summed E-state index contributed by atoms with van der Waals surface area (Å²) in [6.07, 6.45) is 2.45. The lowest BCUT2D eigenvalue weighted by molar-refractivity contribution is -0.000825. The summed E-state index contributed by atoms with van der Waals surface area (Å²) in [5.41, 5.74) is 6.42. The molecule has 0 atom stereocenters. The number of piperidine rings is 1. The van der Waals surface area contributed by atoms with Gasteiger partial charge in [-0.2, -0.15) is 0 Å². The molecule has 0 aromatic heterocycles. The molecule has 1 aliphatic rings. The van der Waals surface area contributed by atoms with E-state index in [9.17, 15) is 0 Å². The molecule has 1 aliphatic heterocycles. The molecule has 0 saturated carbocycles. The van der Waals surface area contributed by atoms with Crippen molar-refractivity contribution in [2.24, 2.45) is 11.7 Å². The molecule has 3 nitrogen and oxygen atoms in total. The van der Waals surface area contributed by atoms with E-state index in [1.165, 1.54) is 39.0 Å². The molecule has 1 saturated heterocycles. The summed E-state index contributed by atoms with van der Waals surface area (Å²) in [6, 6.07) is 0.587. The summed E-state index contributed by atoms with van der Waals surface area (Å²) in [6.45, 7) is 17.0. The minimum atomic E-state index is 0.240. The first kappa shape index (κ1) is 15.9. The number of likely N-dealkylation sites (tertiary alicyclic amines) is 1. The van der Waals surface area contributed by atoms with E-state index in [4.69, 9.17) is 5.73 Å². The predicted molar refractivity (Wildman–Crippen MR) is 79.8 cm³/mol. The maximum Gasteiger partial charge on any atom is 0.0358 e. The second-order valence-corrected chi connectivity index (χ2v) is 6.50. The molecule has 0 bridgehead atoms. The Morgan fingerprint density at radius 3 is 2.06 bits per heavy atom. The van der Waals surface area contributed by atoms with E-state index in [2.05, 4.69) is 44.4 Å². The predicted octanol–water partition coefficient (Wildman–Crippen LogP) is 2.17. The Kier molecular flexibility index (Phi) is 6.09. The summed E-state index contributed by atoms with van der Waals surface area (Å²) < 4.78 is 0. The molecule has 1 fully saturated rings. The van der Waals surface area contributed by atoms with Crippen molar-refractivity contribution >= 4 is 0 Å². The lowest BCUT2D eigenvalue weighted by Crippen LogP contribution is -2.62. The van der Waals surface area contributed by atoms with Crippen LogP contribution in [0.1, 0.15) is 47.5 Å². The summed E-state index contributed by atoms with van der Waals surface area (Å²) in [7, 11) is 0. The Morgan fingerprint density at radius 2 is 1.72 bits per heavy atom. The third-order valence-corrected chi connectivity index (χ3v) is 4.41. The van der Waals surface area contributed by atoms with Gasteiger partial charge in [-0.25, -0.2) is 0 Å². The van der Waals surface area contributed by atoms with Crippen LogP contribution in [0.25, 0.3) is 0 Å². The molecule has 2 N–H and O–H groups in total. The second-order valence-electron chi connectivity index (χ2n) is 6.50. The third-order valence-electron chi connectivity index (χ3n) is 4.41. The first-order chi connectivity index (χ1) is 8.45. The zero-order valence-corrected chi connectivity index (χ0v) is 13.1. The normalized spacial score (nSPS) is 21.2. The molecular formula is C15H33N3. The molecule has 108 valence electrons. The molecule has 0 amide bonds. The van der Waals surface area contributed by atoms with Gasteiger partial charge in [-0.15, -0.1) is 0 Å². The van der Waals surface area contributed by atoms with E-state index in [0.717, 1.165) is 6.54 Å². The van der Waals surface area contributed by atoms with E-state index in [1.807, 2.05) is 0 Å². The van der Waals surface area contributed by atoms with Crippen molar-refractivity contribution in [1.29, 1.82) is 0 Å². The van der Waals surface area contributed by atoms with Gasteiger partial charge in [-0.05, 0) is 52.2 Å². The van der Waals surface area contributed by atoms with E-state index < -0.39 is 0 Å². The van der Waals surface area contributed by atoms with Crippen molar-refractivity contribution in [3.05, 3.63) is 0 Å². The number of hydrogen-bond donors (Lipinski definition) is 1. The molecule has 0 aliphatic carbocycles. The van der Waals surface area contributed by atoms with Gasteiger partial charge in [0.2, 0.25) is 0 Å². The maximum atomic E-state index is 6.18. The monoisotopic (exact) mass is 255 g/mol. The zero-order valence-electron chi connectivity index (χ0n) is 13.1. The third kappa shape index (κ3) is 3.69. The van der Waals surface area contributed by atoms with Crippen molar-refractivity contribution in [3.8, 4) is 0 Å². The molecule has 0 radical (unpaired) electrons. The number of nitrogens with two attached hydrogens (primary N) is 1. The highest BCUT2D eigenvalue weighted by Crippen LogP contribution is 2.30. The smallest absolute Gasteiger partial charge is 0.0358 e. The fourth-order valence-corrected chi connectivity index (χ4v) is 3.24. The number of hydrogen-bond acceptors (Lipinski definition) is 3. The molecule has 0 spiro atoms. The van der Waals surface area contributed by atoms with Crippen molar-refractivity contribution in [2.45, 2.75) is 59.0 Å². The Hall–Kier alpha value is -0.120. The summed E-state index contributed by atoms with van der Waals surface area (Å²) >= 11 is 0. The topological polar surface area (TPSA) is 32.5 Å². The fraction of sp³-hybridized carbons (Fsp3) is 1.00. The molecule has 0 unspecified atom stereocenters. The van der Waals surface area contributed by atoms with Crippen LogP contribution in [0.5, 0.6) is 0 Å². The van der Waals surface area contributed by atoms with Gasteiger partial charge >= 0.3 is 0 Å². The standard InChI is InChI=1S/C15H33N3/c1-6-17-9-7-15(12-16,8-10-17)18(14(4)5)11-13(2)3/h13-14H,6-12,16H2,1-5H3. The van der Waals surface area contributed by atoms with Crippen LogP contribution in [0.15, 0.2) is 0 Å². The van der Waals surface area contributed by atoms with Crippen LogP contribution in [0.2, 0.25) is 0 Å². The first-order valence-corrected chi connectivity index (χ1v) is 7.64. The van der Waals surface area contributed by atoms with Gasteiger partial charge < -0.3 is 10.6 Å². The van der Waals surface area contributed by atoms with Gasteiger partial charge in [0.05, 0.1) is 0 Å². The second kappa shape index (κ2) is 6.88. The Balaban J connectivity index is 2.78. The first-order valence-electron chi connectivity index (χ1n) is 7.64. The lowest BCUT2D eigenvalue weighted by atomic mass is 9.84. The van der Waals surface area contributed by atoms with Crippen LogP contribution >= 0.6 is 0 Å². The molecule has 0 aromatic rings. The highest BCUT2D eigenvalue weighted by atomic mass is 15.3. The van der Waals surface area contributed by atoms with Crippen LogP contribution < -0.4 is 5.73 Å². The van der Waals surface area contributed by atoms with Crippen LogP contribution in [0.3, 0.4) is 0 Å². The van der Waals surface area contributed by atoms with E-state index in [1.54, 1.807) is 0 Å². The average molecular weight is 255 g/mol. The minimum absolute atomic E-state index is 0.240. The van der Waals surface area contributed by atoms with Gasteiger partial charge in [0.25, 0.3) is 0 Å². The Morgan fingerprint density at radius 1 is 1.17 bits per heavy atom. The van der Waals surface area contributed by atoms with E-state index in [-0.39, 0.29) is 5.54 Å². The van der Waals surface area contributed by atoms with Gasteiger partial charge in [0, 0.05) is 24.7 Å². The summed E-state index contributed by atoms with van der Waals surface area (Å²) in [5.74, 6) is 0.708. The quantitative estimate of drug-likeness (QED) is 0.789. The maximum absolute atomic E-state index is 6.18. The zero-order chi connectivity index (χ0) is 13.8. The van der Waals surface area contributed by atoms with Crippen molar-refractivity contribution < 1.29 is 0 Å². The minimum Gasteiger partial charge on any atom is -0.329 e. The lowest BCUT2D eigenvalue weighted by Gasteiger charge is -2.51. The van der Waals surface area contributed by atoms with Crippen LogP contribution in [0.4, 0.5) is 0 Å². The van der Waals surface area contributed by atoms with Gasteiger partial charge in [-0.3, -0.25) is 4.90 Å². The largest absolute Gasteiger partial charge is 0.329 e. The van der Waals surface area contributed by atoms with Crippen molar-refractivity contribution in [1.82, 2.24) is 9.80 Å². The van der Waals surface area contributed by atoms with Crippen LogP contribution in [-0.4, -0.2) is 54.1 Å². The van der Waals surface area contributed by atoms with Crippen LogP contribution in [-0.2, 0) is 0 Å². The summed E-state index contributed by atoms with van der Waals surface area (Å²) in [5, 5.41) is 0. The Labute approximate surface area is 114 Å². The number of rotatable bonds is 6. The van der Waals surface area contributed by atoms with Crippen molar-refractivity contribution in [2.75, 3.05) is 32.7 Å². The average Bonchev–Trinajstić information content (AvgIpc) is 2.35. The van der Waals surface area contributed by atoms with Gasteiger partial charge in [0.15, 0.2) is 0 Å². The van der Waals surface area contributed by atoms with E-state index >= 15 is 0 Å². The van der Waals surface area contributed by atoms with Gasteiger partial charge in [-0.1, -0.05) is 20.8 Å². The van der Waals surface area contributed by atoms with Crippen molar-refractivity contribution in [3.63, 3.8) is 0 Å². The highest BCUT2D eigenvalue weighted by Gasteiger charge is 2.39. The Bertz CT molecular complexity index is 230. The SMILES string of the molecule is CCN1CCC(CN)(N(CC(C)C)C(C)C)CC1. The molecule has 3 heteroatoms. The molecule has 0 aromatic carbocycles. The summed E-state index contributed by atoms with van der Waals surface area (Å²) in [4.78, 5) is 5.21. The highest BCUT2D eigenvalue weighted by molar-refractivity contribution is 4.97. The molecule has 1 heterocycles. The molecular weight excluding hydrogens is 222 g/mol. The van der Waals surface area contributed by atoms with Gasteiger partial charge in [0.1, 0.15) is 0 Å². The fourth-order valence-electron chi connectivity index (χ4n) is 3.24. The molecule has 18 heavy (non-hydrogen) atoms. The number of nitrogens with zero attached hydrogens (tertiary/aromatic N) is 2. The van der Waals surface area contributed by atoms with E-state index in [0.29, 0.717) is 12.0 Å².